The van der Waals surface area contributed by atoms with Crippen molar-refractivity contribution in [2.24, 2.45) is 5.14 Å². The molecule has 1 aliphatic heterocycles. The van der Waals surface area contributed by atoms with Crippen LogP contribution in [0.2, 0.25) is 0 Å². The first-order chi connectivity index (χ1) is 10.4. The van der Waals surface area contributed by atoms with Crippen LogP contribution in [0.4, 0.5) is 11.4 Å². The minimum Gasteiger partial charge on any atom is -0.760 e. The van der Waals surface area contributed by atoms with Crippen molar-refractivity contribution in [2.75, 3.05) is 38.6 Å². The van der Waals surface area contributed by atoms with Gasteiger partial charge in [0.2, 0.25) is 0 Å². The van der Waals surface area contributed by atoms with Crippen molar-refractivity contribution in [3.63, 3.8) is 0 Å². The minimum absolute atomic E-state index is 0.0727. The smallest absolute Gasteiger partial charge is 0.292 e. The Morgan fingerprint density at radius 1 is 1.55 bits per heavy atom. The van der Waals surface area contributed by atoms with Crippen LogP contribution in [-0.2, 0) is 16.0 Å². The van der Waals surface area contributed by atoms with E-state index < -0.39 is 11.3 Å². The Bertz CT molecular complexity index is 512. The van der Waals surface area contributed by atoms with Crippen molar-refractivity contribution in [3.8, 4) is 0 Å². The predicted octanol–water partition coefficient (Wildman–Crippen LogP) is 0.0765. The van der Waals surface area contributed by atoms with Gasteiger partial charge in [0.1, 0.15) is 5.69 Å². The number of nitrogens with zero attached hydrogens (tertiary/aromatic N) is 2. The molecule has 0 aromatic heterocycles. The number of likely N-dealkylation sites (N-methyl/N-ethyl adjacent to an activating group) is 1. The van der Waals surface area contributed by atoms with Crippen LogP contribution >= 0.6 is 0 Å². The average Bonchev–Trinajstić information content (AvgIpc) is 2.45. The fourth-order valence-corrected chi connectivity index (χ4v) is 2.00. The molecular weight excluding hydrogens is 312 g/mol. The van der Waals surface area contributed by atoms with E-state index in [2.05, 4.69) is 15.4 Å². The molecule has 2 atom stereocenters. The molecule has 1 aromatic rings. The number of nitro groups is 1. The monoisotopic (exact) mass is 331 g/mol. The van der Waals surface area contributed by atoms with E-state index >= 15 is 0 Å². The number of benzene rings is 1. The van der Waals surface area contributed by atoms with Crippen LogP contribution in [-0.4, -0.2) is 58.0 Å². The van der Waals surface area contributed by atoms with Gasteiger partial charge in [0.25, 0.3) is 5.69 Å². The number of hydrogen-bond donors (Lipinski definition) is 2. The second-order valence-corrected chi connectivity index (χ2v) is 5.19. The first-order valence-corrected chi connectivity index (χ1v) is 7.65. The highest BCUT2D eigenvalue weighted by Gasteiger charge is 2.19. The summed E-state index contributed by atoms with van der Waals surface area (Å²) in [5.74, 6) is 0. The highest BCUT2D eigenvalue weighted by Crippen LogP contribution is 2.23. The first-order valence-electron chi connectivity index (χ1n) is 6.51. The Morgan fingerprint density at radius 3 is 2.77 bits per heavy atom. The first kappa shape index (κ1) is 18.5. The van der Waals surface area contributed by atoms with Crippen molar-refractivity contribution in [2.45, 2.75) is 6.10 Å². The van der Waals surface area contributed by atoms with Gasteiger partial charge >= 0.3 is 0 Å². The Morgan fingerprint density at radius 2 is 2.18 bits per heavy atom. The molecule has 22 heavy (non-hydrogen) atoms. The van der Waals surface area contributed by atoms with Gasteiger partial charge in [-0.05, 0) is 13.1 Å². The molecule has 124 valence electrons. The summed E-state index contributed by atoms with van der Waals surface area (Å²) in [5.41, 5.74) is 0.640. The summed E-state index contributed by atoms with van der Waals surface area (Å²) in [6.45, 7) is 3.06. The lowest BCUT2D eigenvalue weighted by Gasteiger charge is -2.30. The Hall–Kier alpha value is -1.59. The Labute approximate surface area is 131 Å². The molecule has 2 unspecified atom stereocenters. The van der Waals surface area contributed by atoms with Gasteiger partial charge < -0.3 is 19.5 Å². The number of nitrogens with two attached hydrogens (primary N) is 1. The highest BCUT2D eigenvalue weighted by atomic mass is 32.2. The zero-order chi connectivity index (χ0) is 16.5. The number of nitro benzene ring substituents is 1. The normalized spacial score (nSPS) is 19.7. The van der Waals surface area contributed by atoms with E-state index in [1.165, 1.54) is 6.07 Å². The molecule has 1 heterocycles. The summed E-state index contributed by atoms with van der Waals surface area (Å²) < 4.78 is 23.2. The maximum atomic E-state index is 10.9. The lowest BCUT2D eigenvalue weighted by atomic mass is 10.2. The van der Waals surface area contributed by atoms with Crippen LogP contribution in [0.15, 0.2) is 24.3 Å². The molecule has 1 aliphatic rings. The summed E-state index contributed by atoms with van der Waals surface area (Å²) in [6, 6.07) is 6.65. The standard InChI is InChI=1S/C12H17N3O3.H3NO2S/c1-14-6-7-18-10(9-14)8-13-11-4-2-3-5-12(11)15(16)17;1-4(2)3/h2-5,10,13H,6-9H2,1H3;1H2,(H,2,3)/p-1. The van der Waals surface area contributed by atoms with Crippen molar-refractivity contribution in [1.29, 1.82) is 0 Å². The van der Waals surface area contributed by atoms with Crippen LogP contribution in [0.25, 0.3) is 0 Å². The highest BCUT2D eigenvalue weighted by molar-refractivity contribution is 7.76. The van der Waals surface area contributed by atoms with E-state index in [0.29, 0.717) is 18.8 Å². The van der Waals surface area contributed by atoms with Gasteiger partial charge in [0, 0.05) is 37.0 Å². The Kier molecular flexibility index (Phi) is 7.91. The quantitative estimate of drug-likeness (QED) is 0.453. The van der Waals surface area contributed by atoms with E-state index in [9.17, 15) is 10.1 Å². The maximum absolute atomic E-state index is 10.9. The molecular formula is C12H19N4O5S-. The molecule has 0 saturated carbocycles. The van der Waals surface area contributed by atoms with Crippen molar-refractivity contribution in [1.82, 2.24) is 4.90 Å². The number of para-hydroxylation sites is 2. The van der Waals surface area contributed by atoms with E-state index in [4.69, 9.17) is 13.5 Å². The molecule has 0 aliphatic carbocycles. The van der Waals surface area contributed by atoms with Crippen LogP contribution in [0.1, 0.15) is 0 Å². The number of hydrogen-bond acceptors (Lipinski definition) is 7. The van der Waals surface area contributed by atoms with Gasteiger partial charge in [-0.1, -0.05) is 12.1 Å². The van der Waals surface area contributed by atoms with Gasteiger partial charge in [-0.2, -0.15) is 0 Å². The lowest BCUT2D eigenvalue weighted by molar-refractivity contribution is -0.384. The summed E-state index contributed by atoms with van der Waals surface area (Å²) in [4.78, 5) is 12.7. The molecule has 10 heteroatoms. The summed E-state index contributed by atoms with van der Waals surface area (Å²) in [6.07, 6.45) is 0.0727. The molecule has 9 nitrogen and oxygen atoms in total. The molecule has 0 bridgehead atoms. The largest absolute Gasteiger partial charge is 0.760 e. The molecule has 1 aromatic carbocycles. The molecule has 2 rings (SSSR count). The third-order valence-corrected chi connectivity index (χ3v) is 2.96. The SMILES string of the molecule is CN1CCOC(CNc2ccccc2[N+](=O)[O-])C1.NS(=O)[O-]. The summed E-state index contributed by atoms with van der Waals surface area (Å²) in [5, 5.41) is 18.0. The molecule has 0 amide bonds. The number of ether oxygens (including phenoxy) is 1. The van der Waals surface area contributed by atoms with E-state index in [1.54, 1.807) is 18.2 Å². The summed E-state index contributed by atoms with van der Waals surface area (Å²) in [7, 11) is 2.04. The van der Waals surface area contributed by atoms with Gasteiger partial charge in [-0.25, -0.2) is 0 Å². The molecule has 1 saturated heterocycles. The van der Waals surface area contributed by atoms with Crippen molar-refractivity contribution >= 4 is 22.6 Å². The minimum atomic E-state index is -2.36. The van der Waals surface area contributed by atoms with Crippen molar-refractivity contribution in [3.05, 3.63) is 34.4 Å². The number of morpholine rings is 1. The molecule has 3 N–H and O–H groups in total. The van der Waals surface area contributed by atoms with E-state index in [0.717, 1.165) is 13.1 Å². The zero-order valence-electron chi connectivity index (χ0n) is 12.1. The second-order valence-electron chi connectivity index (χ2n) is 4.67. The van der Waals surface area contributed by atoms with Gasteiger partial charge in [0.05, 0.1) is 17.6 Å². The fraction of sp³-hybridized carbons (Fsp3) is 0.500. The van der Waals surface area contributed by atoms with Crippen LogP contribution in [0.5, 0.6) is 0 Å². The summed E-state index contributed by atoms with van der Waals surface area (Å²) >= 11 is -2.36. The van der Waals surface area contributed by atoms with Gasteiger partial charge in [-0.15, -0.1) is 0 Å². The fourth-order valence-electron chi connectivity index (χ4n) is 2.00. The maximum Gasteiger partial charge on any atom is 0.292 e. The number of nitrogens with one attached hydrogen (secondary N) is 1. The molecule has 0 spiro atoms. The Balaban J connectivity index is 0.000000541. The van der Waals surface area contributed by atoms with Crippen LogP contribution in [0.3, 0.4) is 0 Å². The van der Waals surface area contributed by atoms with Crippen molar-refractivity contribution < 1.29 is 18.4 Å². The lowest BCUT2D eigenvalue weighted by Crippen LogP contribution is -2.43. The number of anilines is 1. The average molecular weight is 331 g/mol. The predicted molar refractivity (Wildman–Crippen MR) is 81.9 cm³/mol. The number of rotatable bonds is 4. The third kappa shape index (κ3) is 6.91. The van der Waals surface area contributed by atoms with Crippen LogP contribution in [0, 0.1) is 10.1 Å². The molecule has 0 radical (unpaired) electrons. The van der Waals surface area contributed by atoms with Crippen LogP contribution < -0.4 is 10.5 Å². The third-order valence-electron chi connectivity index (χ3n) is 2.96. The van der Waals surface area contributed by atoms with Gasteiger partial charge in [-0.3, -0.25) is 19.5 Å². The zero-order valence-corrected chi connectivity index (χ0v) is 13.0. The van der Waals surface area contributed by atoms with Gasteiger partial charge in [0.15, 0.2) is 0 Å². The van der Waals surface area contributed by atoms with E-state index in [-0.39, 0.29) is 16.7 Å². The molecule has 1 fully saturated rings. The topological polar surface area (TPSA) is 134 Å². The second kappa shape index (κ2) is 9.43. The van der Waals surface area contributed by atoms with E-state index in [1.807, 2.05) is 7.05 Å².